The number of nitrogens with zero attached hydrogens (tertiary/aromatic N) is 1. The number of rotatable bonds is 8. The van der Waals surface area contributed by atoms with Crippen molar-refractivity contribution in [1.82, 2.24) is 10.6 Å². The van der Waals surface area contributed by atoms with Crippen LogP contribution in [0.15, 0.2) is 54.0 Å². The molecule has 2 aromatic carbocycles. The molecule has 5 nitrogen and oxygen atoms in total. The molecule has 0 aliphatic rings. The molecular formula is C21H27FIN3O2. The Morgan fingerprint density at radius 3 is 2.39 bits per heavy atom. The average Bonchev–Trinajstić information content (AvgIpc) is 2.68. The molecule has 7 heteroatoms. The summed E-state index contributed by atoms with van der Waals surface area (Å²) in [6, 6.07) is 10.4. The summed E-state index contributed by atoms with van der Waals surface area (Å²) < 4.78 is 24.2. The van der Waals surface area contributed by atoms with Crippen molar-refractivity contribution in [3.05, 3.63) is 71.6 Å². The fraction of sp³-hybridized carbons (Fsp3) is 0.286. The maximum absolute atomic E-state index is 13.3. The molecule has 152 valence electrons. The molecule has 0 spiro atoms. The highest BCUT2D eigenvalue weighted by molar-refractivity contribution is 14.0. The normalized spacial score (nSPS) is 10.6. The highest BCUT2D eigenvalue weighted by Gasteiger charge is 2.12. The van der Waals surface area contributed by atoms with E-state index in [0.717, 1.165) is 22.4 Å². The van der Waals surface area contributed by atoms with Gasteiger partial charge in [-0.3, -0.25) is 4.99 Å². The Labute approximate surface area is 183 Å². The van der Waals surface area contributed by atoms with Gasteiger partial charge in [-0.15, -0.1) is 30.6 Å². The number of halogens is 2. The van der Waals surface area contributed by atoms with Crippen molar-refractivity contribution in [3.63, 3.8) is 0 Å². The van der Waals surface area contributed by atoms with Crippen LogP contribution in [0.25, 0.3) is 0 Å². The molecule has 0 unspecified atom stereocenters. The molecule has 0 fully saturated rings. The van der Waals surface area contributed by atoms with Gasteiger partial charge in [0.15, 0.2) is 17.5 Å². The van der Waals surface area contributed by atoms with Crippen molar-refractivity contribution in [3.8, 4) is 11.5 Å². The van der Waals surface area contributed by atoms with Gasteiger partial charge in [-0.1, -0.05) is 18.2 Å². The Morgan fingerprint density at radius 2 is 1.82 bits per heavy atom. The van der Waals surface area contributed by atoms with Crippen molar-refractivity contribution in [2.45, 2.75) is 19.5 Å². The monoisotopic (exact) mass is 499 g/mol. The summed E-state index contributed by atoms with van der Waals surface area (Å²) in [5.74, 6) is 1.77. The first-order valence-electron chi connectivity index (χ1n) is 8.64. The Kier molecular flexibility index (Phi) is 10.4. The Morgan fingerprint density at radius 1 is 1.11 bits per heavy atom. The van der Waals surface area contributed by atoms with Crippen molar-refractivity contribution >= 4 is 29.9 Å². The first-order valence-corrected chi connectivity index (χ1v) is 8.64. The van der Waals surface area contributed by atoms with Gasteiger partial charge in [0.05, 0.1) is 14.2 Å². The molecule has 0 heterocycles. The van der Waals surface area contributed by atoms with Crippen molar-refractivity contribution in [2.24, 2.45) is 4.99 Å². The zero-order chi connectivity index (χ0) is 19.6. The number of methoxy groups -OCH3 is 2. The molecule has 0 radical (unpaired) electrons. The van der Waals surface area contributed by atoms with Crippen LogP contribution in [0.4, 0.5) is 4.39 Å². The Balaban J connectivity index is 0.00000392. The van der Waals surface area contributed by atoms with Crippen molar-refractivity contribution in [2.75, 3.05) is 21.3 Å². The maximum atomic E-state index is 13.3. The van der Waals surface area contributed by atoms with Crippen LogP contribution >= 0.6 is 24.0 Å². The minimum atomic E-state index is -0.252. The van der Waals surface area contributed by atoms with Crippen LogP contribution in [0, 0.1) is 5.82 Å². The Bertz CT molecular complexity index is 812. The van der Waals surface area contributed by atoms with E-state index < -0.39 is 0 Å². The first kappa shape index (κ1) is 23.7. The summed E-state index contributed by atoms with van der Waals surface area (Å²) in [4.78, 5) is 4.20. The maximum Gasteiger partial charge on any atom is 0.191 e. The van der Waals surface area contributed by atoms with Crippen LogP contribution < -0.4 is 20.1 Å². The van der Waals surface area contributed by atoms with Crippen LogP contribution in [0.2, 0.25) is 0 Å². The predicted octanol–water partition coefficient (Wildman–Crippen LogP) is 4.05. The van der Waals surface area contributed by atoms with Gasteiger partial charge in [0.25, 0.3) is 0 Å². The standard InChI is InChI=1S/C21H26FN3O2.HI/c1-5-7-17-10-16(12-19(26-3)20(17)27-4)14-25-21(23-2)24-13-15-8-6-9-18(22)11-15;/h5-6,8-12H,1,7,13-14H2,2-4H3,(H2,23,24,25);1H. The van der Waals surface area contributed by atoms with Crippen LogP contribution in [-0.2, 0) is 19.5 Å². The van der Waals surface area contributed by atoms with E-state index in [1.807, 2.05) is 18.2 Å². The summed E-state index contributed by atoms with van der Waals surface area (Å²) in [7, 11) is 4.94. The number of guanidine groups is 1. The second-order valence-corrected chi connectivity index (χ2v) is 5.89. The molecule has 2 rings (SSSR count). The molecule has 2 aromatic rings. The van der Waals surface area contributed by atoms with E-state index in [1.54, 1.807) is 27.3 Å². The number of nitrogens with one attached hydrogen (secondary N) is 2. The second-order valence-electron chi connectivity index (χ2n) is 5.89. The molecule has 0 saturated carbocycles. The summed E-state index contributed by atoms with van der Waals surface area (Å²) in [6.45, 7) is 4.82. The van der Waals surface area contributed by atoms with E-state index in [9.17, 15) is 4.39 Å². The fourth-order valence-electron chi connectivity index (χ4n) is 2.75. The second kappa shape index (κ2) is 12.2. The lowest BCUT2D eigenvalue weighted by Crippen LogP contribution is -2.36. The smallest absolute Gasteiger partial charge is 0.191 e. The third kappa shape index (κ3) is 6.70. The third-order valence-electron chi connectivity index (χ3n) is 4.01. The molecule has 0 atom stereocenters. The van der Waals surface area contributed by atoms with Crippen LogP contribution in [-0.4, -0.2) is 27.2 Å². The zero-order valence-corrected chi connectivity index (χ0v) is 18.8. The summed E-state index contributed by atoms with van der Waals surface area (Å²) >= 11 is 0. The van der Waals surface area contributed by atoms with E-state index in [0.29, 0.717) is 31.2 Å². The molecule has 0 bridgehead atoms. The van der Waals surface area contributed by atoms with Gasteiger partial charge in [0.1, 0.15) is 5.82 Å². The van der Waals surface area contributed by atoms with Crippen LogP contribution in [0.3, 0.4) is 0 Å². The van der Waals surface area contributed by atoms with Gasteiger partial charge in [-0.2, -0.15) is 0 Å². The van der Waals surface area contributed by atoms with Crippen LogP contribution in [0.5, 0.6) is 11.5 Å². The zero-order valence-electron chi connectivity index (χ0n) is 16.4. The van der Waals surface area contributed by atoms with Gasteiger partial charge in [0, 0.05) is 25.7 Å². The predicted molar refractivity (Wildman–Crippen MR) is 122 cm³/mol. The minimum absolute atomic E-state index is 0. The van der Waals surface area contributed by atoms with E-state index >= 15 is 0 Å². The van der Waals surface area contributed by atoms with E-state index in [2.05, 4.69) is 28.3 Å². The van der Waals surface area contributed by atoms with Gasteiger partial charge in [-0.25, -0.2) is 4.39 Å². The largest absolute Gasteiger partial charge is 0.493 e. The van der Waals surface area contributed by atoms with Crippen molar-refractivity contribution in [1.29, 1.82) is 0 Å². The van der Waals surface area contributed by atoms with Gasteiger partial charge in [-0.05, 0) is 41.8 Å². The molecule has 0 saturated heterocycles. The quantitative estimate of drug-likeness (QED) is 0.249. The van der Waals surface area contributed by atoms with Crippen molar-refractivity contribution < 1.29 is 13.9 Å². The average molecular weight is 499 g/mol. The van der Waals surface area contributed by atoms with E-state index in [-0.39, 0.29) is 29.8 Å². The number of hydrogen-bond acceptors (Lipinski definition) is 3. The van der Waals surface area contributed by atoms with E-state index in [1.165, 1.54) is 12.1 Å². The highest BCUT2D eigenvalue weighted by atomic mass is 127. The van der Waals surface area contributed by atoms with Gasteiger partial charge < -0.3 is 20.1 Å². The Hall–Kier alpha value is -2.29. The molecule has 0 aliphatic carbocycles. The summed E-state index contributed by atoms with van der Waals surface area (Å²) in [5.41, 5.74) is 2.88. The molecule has 28 heavy (non-hydrogen) atoms. The lowest BCUT2D eigenvalue weighted by molar-refractivity contribution is 0.352. The first-order chi connectivity index (χ1) is 13.1. The SMILES string of the molecule is C=CCc1cc(CNC(=NC)NCc2cccc(F)c2)cc(OC)c1OC.I. The minimum Gasteiger partial charge on any atom is -0.493 e. The number of ether oxygens (including phenoxy) is 2. The summed E-state index contributed by atoms with van der Waals surface area (Å²) in [6.07, 6.45) is 2.51. The fourth-order valence-corrected chi connectivity index (χ4v) is 2.75. The molecule has 2 N–H and O–H groups in total. The van der Waals surface area contributed by atoms with Gasteiger partial charge >= 0.3 is 0 Å². The topological polar surface area (TPSA) is 54.9 Å². The molecule has 0 aliphatic heterocycles. The van der Waals surface area contributed by atoms with Crippen LogP contribution in [0.1, 0.15) is 16.7 Å². The number of benzene rings is 2. The summed E-state index contributed by atoms with van der Waals surface area (Å²) in [5, 5.41) is 6.43. The number of aliphatic imine (C=N–C) groups is 1. The third-order valence-corrected chi connectivity index (χ3v) is 4.01. The number of allylic oxidation sites excluding steroid dienone is 1. The van der Waals surface area contributed by atoms with E-state index in [4.69, 9.17) is 9.47 Å². The lowest BCUT2D eigenvalue weighted by atomic mass is 10.1. The number of hydrogen-bond donors (Lipinski definition) is 2. The van der Waals surface area contributed by atoms with Gasteiger partial charge in [0.2, 0.25) is 0 Å². The molecular weight excluding hydrogens is 472 g/mol. The molecule has 0 aromatic heterocycles. The lowest BCUT2D eigenvalue weighted by Gasteiger charge is -2.16. The highest BCUT2D eigenvalue weighted by Crippen LogP contribution is 2.33. The molecule has 0 amide bonds.